The number of aromatic nitrogens is 3. The Kier molecular flexibility index (Phi) is 5.22. The van der Waals surface area contributed by atoms with Gasteiger partial charge in [-0.3, -0.25) is 0 Å². The zero-order chi connectivity index (χ0) is 21.5. The first-order valence-corrected chi connectivity index (χ1v) is 11.3. The van der Waals surface area contributed by atoms with Crippen molar-refractivity contribution in [2.75, 3.05) is 7.11 Å². The van der Waals surface area contributed by atoms with Crippen molar-refractivity contribution in [1.82, 2.24) is 19.3 Å². The quantitative estimate of drug-likeness (QED) is 0.648. The van der Waals surface area contributed by atoms with E-state index < -0.39 is 10.0 Å². The van der Waals surface area contributed by atoms with Crippen molar-refractivity contribution in [3.05, 3.63) is 36.2 Å². The first-order valence-electron chi connectivity index (χ1n) is 9.82. The molecule has 0 atom stereocenters. The van der Waals surface area contributed by atoms with Crippen LogP contribution in [-0.4, -0.2) is 36.1 Å². The molecule has 30 heavy (non-hydrogen) atoms. The molecule has 1 aromatic carbocycles. The first-order chi connectivity index (χ1) is 14.4. The molecule has 0 aliphatic heterocycles. The average molecular weight is 426 g/mol. The van der Waals surface area contributed by atoms with Crippen molar-refractivity contribution in [2.24, 2.45) is 0 Å². The van der Waals surface area contributed by atoms with Gasteiger partial charge < -0.3 is 9.30 Å². The highest BCUT2D eigenvalue weighted by Gasteiger charge is 2.29. The largest absolute Gasteiger partial charge is 0.497 e. The van der Waals surface area contributed by atoms with Crippen molar-refractivity contribution in [3.63, 3.8) is 0 Å². The fourth-order valence-electron chi connectivity index (χ4n) is 3.73. The normalized spacial score (nSPS) is 14.6. The van der Waals surface area contributed by atoms with Crippen LogP contribution in [-0.2, 0) is 10.0 Å². The zero-order valence-electron chi connectivity index (χ0n) is 17.1. The summed E-state index contributed by atoms with van der Waals surface area (Å²) in [6.45, 7) is 3.49. The minimum Gasteiger partial charge on any atom is -0.497 e. The van der Waals surface area contributed by atoms with Gasteiger partial charge in [-0.05, 0) is 45.2 Å². The Morgan fingerprint density at radius 3 is 2.50 bits per heavy atom. The topological polar surface area (TPSA) is 110 Å². The number of nitriles is 1. The standard InChI is InChI=1S/C21H23N5O3S/c1-13(2)25-30(27,28)16-11-23-21(24-12-16)20-18(10-22)17-8-7-15(29-3)9-19(17)26(20)14-5-4-6-14/h7-9,11-14,25H,4-6H2,1-3H3. The van der Waals surface area contributed by atoms with Crippen LogP contribution in [0.1, 0.15) is 44.7 Å². The Morgan fingerprint density at radius 2 is 1.97 bits per heavy atom. The van der Waals surface area contributed by atoms with Gasteiger partial charge in [-0.15, -0.1) is 0 Å². The maximum Gasteiger partial charge on any atom is 0.243 e. The third-order valence-corrected chi connectivity index (χ3v) is 6.92. The number of benzene rings is 1. The van der Waals surface area contributed by atoms with Crippen LogP contribution in [0.2, 0.25) is 0 Å². The van der Waals surface area contributed by atoms with Crippen molar-refractivity contribution >= 4 is 20.9 Å². The molecule has 0 amide bonds. The summed E-state index contributed by atoms with van der Waals surface area (Å²) >= 11 is 0. The summed E-state index contributed by atoms with van der Waals surface area (Å²) in [4.78, 5) is 8.67. The predicted molar refractivity (Wildman–Crippen MR) is 113 cm³/mol. The van der Waals surface area contributed by atoms with Gasteiger partial charge in [0.05, 0.1) is 30.6 Å². The molecule has 1 fully saturated rings. The van der Waals surface area contributed by atoms with Crippen LogP contribution >= 0.6 is 0 Å². The van der Waals surface area contributed by atoms with E-state index in [4.69, 9.17) is 4.74 Å². The molecule has 4 rings (SSSR count). The molecule has 1 N–H and O–H groups in total. The molecular formula is C21H23N5O3S. The Balaban J connectivity index is 1.89. The van der Waals surface area contributed by atoms with Gasteiger partial charge in [0, 0.05) is 23.5 Å². The third kappa shape index (κ3) is 3.42. The van der Waals surface area contributed by atoms with E-state index >= 15 is 0 Å². The Labute approximate surface area is 175 Å². The lowest BCUT2D eigenvalue weighted by molar-refractivity contribution is 0.323. The number of sulfonamides is 1. The molecule has 3 aromatic rings. The van der Waals surface area contributed by atoms with Gasteiger partial charge in [0.1, 0.15) is 22.4 Å². The highest BCUT2D eigenvalue weighted by atomic mass is 32.2. The molecule has 0 spiro atoms. The van der Waals surface area contributed by atoms with Crippen LogP contribution in [0.15, 0.2) is 35.5 Å². The molecule has 1 saturated carbocycles. The summed E-state index contributed by atoms with van der Waals surface area (Å²) in [5.74, 6) is 1.04. The van der Waals surface area contributed by atoms with Crippen LogP contribution in [0.5, 0.6) is 5.75 Å². The smallest absolute Gasteiger partial charge is 0.243 e. The first kappa shape index (κ1) is 20.3. The Morgan fingerprint density at radius 1 is 1.27 bits per heavy atom. The molecule has 0 bridgehead atoms. The monoisotopic (exact) mass is 425 g/mol. The van der Waals surface area contributed by atoms with Crippen LogP contribution in [0.3, 0.4) is 0 Å². The highest BCUT2D eigenvalue weighted by Crippen LogP contribution is 2.42. The average Bonchev–Trinajstić information content (AvgIpc) is 2.99. The fraction of sp³-hybridized carbons (Fsp3) is 0.381. The van der Waals surface area contributed by atoms with Crippen LogP contribution in [0.4, 0.5) is 0 Å². The molecule has 0 radical (unpaired) electrons. The van der Waals surface area contributed by atoms with Gasteiger partial charge in [0.25, 0.3) is 0 Å². The van der Waals surface area contributed by atoms with Gasteiger partial charge in [-0.25, -0.2) is 23.1 Å². The van der Waals surface area contributed by atoms with E-state index in [0.29, 0.717) is 22.8 Å². The van der Waals surface area contributed by atoms with Gasteiger partial charge in [0.2, 0.25) is 10.0 Å². The lowest BCUT2D eigenvalue weighted by Crippen LogP contribution is -2.30. The lowest BCUT2D eigenvalue weighted by atomic mass is 9.92. The second-order valence-electron chi connectivity index (χ2n) is 7.69. The van der Waals surface area contributed by atoms with Gasteiger partial charge in [-0.2, -0.15) is 5.26 Å². The molecule has 2 aromatic heterocycles. The zero-order valence-corrected chi connectivity index (χ0v) is 17.9. The molecule has 2 heterocycles. The van der Waals surface area contributed by atoms with E-state index in [1.165, 1.54) is 12.4 Å². The Hall–Kier alpha value is -2.96. The number of methoxy groups -OCH3 is 1. The molecule has 0 saturated heterocycles. The summed E-state index contributed by atoms with van der Waals surface area (Å²) in [5, 5.41) is 10.7. The van der Waals surface area contributed by atoms with Gasteiger partial charge >= 0.3 is 0 Å². The van der Waals surface area contributed by atoms with E-state index in [1.807, 2.05) is 18.2 Å². The van der Waals surface area contributed by atoms with Gasteiger partial charge in [0.15, 0.2) is 5.82 Å². The molecule has 8 nitrogen and oxygen atoms in total. The second kappa shape index (κ2) is 7.70. The minimum absolute atomic E-state index is 0.00793. The van der Waals surface area contributed by atoms with Crippen LogP contribution in [0.25, 0.3) is 22.4 Å². The van der Waals surface area contributed by atoms with E-state index in [1.54, 1.807) is 21.0 Å². The van der Waals surface area contributed by atoms with Crippen molar-refractivity contribution in [3.8, 4) is 23.3 Å². The molecular weight excluding hydrogens is 402 g/mol. The van der Waals surface area contributed by atoms with Crippen LogP contribution in [0, 0.1) is 11.3 Å². The number of nitrogens with one attached hydrogen (secondary N) is 1. The molecule has 1 aliphatic carbocycles. The SMILES string of the molecule is COc1ccc2c(C#N)c(-c3ncc(S(=O)(=O)NC(C)C)cn3)n(C3CCC3)c2c1. The fourth-order valence-corrected chi connectivity index (χ4v) is 4.87. The maximum atomic E-state index is 12.4. The number of hydrogen-bond acceptors (Lipinski definition) is 6. The highest BCUT2D eigenvalue weighted by molar-refractivity contribution is 7.89. The Bertz CT molecular complexity index is 1240. The van der Waals surface area contributed by atoms with Crippen molar-refractivity contribution in [2.45, 2.75) is 50.1 Å². The van der Waals surface area contributed by atoms with Crippen molar-refractivity contribution in [1.29, 1.82) is 5.26 Å². The number of nitrogens with zero attached hydrogens (tertiary/aromatic N) is 4. The van der Waals surface area contributed by atoms with Crippen LogP contribution < -0.4 is 9.46 Å². The van der Waals surface area contributed by atoms with E-state index in [2.05, 4.69) is 25.3 Å². The number of ether oxygens (including phenoxy) is 1. The molecule has 156 valence electrons. The maximum absolute atomic E-state index is 12.4. The summed E-state index contributed by atoms with van der Waals surface area (Å²) in [7, 11) is -2.08. The lowest BCUT2D eigenvalue weighted by Gasteiger charge is -2.29. The minimum atomic E-state index is -3.69. The molecule has 9 heteroatoms. The second-order valence-corrected chi connectivity index (χ2v) is 9.41. The summed E-state index contributed by atoms with van der Waals surface area (Å²) in [6.07, 6.45) is 5.71. The summed E-state index contributed by atoms with van der Waals surface area (Å²) in [5.41, 5.74) is 1.99. The van der Waals surface area contributed by atoms with E-state index in [-0.39, 0.29) is 17.0 Å². The van der Waals surface area contributed by atoms with E-state index in [0.717, 1.165) is 30.2 Å². The summed E-state index contributed by atoms with van der Waals surface area (Å²) < 4.78 is 34.8. The predicted octanol–water partition coefficient (Wildman–Crippen LogP) is 3.39. The van der Waals surface area contributed by atoms with Crippen molar-refractivity contribution < 1.29 is 13.2 Å². The number of rotatable bonds is 6. The number of fused-ring (bicyclic) bond motifs is 1. The number of hydrogen-bond donors (Lipinski definition) is 1. The molecule has 0 unspecified atom stereocenters. The third-order valence-electron chi connectivity index (χ3n) is 5.30. The van der Waals surface area contributed by atoms with Gasteiger partial charge in [-0.1, -0.05) is 0 Å². The van der Waals surface area contributed by atoms with E-state index in [9.17, 15) is 13.7 Å². The summed E-state index contributed by atoms with van der Waals surface area (Å²) in [6, 6.07) is 7.92. The molecule has 1 aliphatic rings.